The van der Waals surface area contributed by atoms with Gasteiger partial charge in [-0.25, -0.2) is 0 Å². The Hall–Kier alpha value is -2.13. The summed E-state index contributed by atoms with van der Waals surface area (Å²) in [5, 5.41) is 11.6. The smallest absolute Gasteiger partial charge is 0.156 e. The maximum Gasteiger partial charge on any atom is 0.156 e. The number of ketones is 1. The summed E-state index contributed by atoms with van der Waals surface area (Å²) in [6.45, 7) is 2.02. The van der Waals surface area contributed by atoms with E-state index in [1.54, 1.807) is 5.57 Å². The van der Waals surface area contributed by atoms with Gasteiger partial charge in [0.15, 0.2) is 5.78 Å². The third kappa shape index (κ3) is 3.42. The highest BCUT2D eigenvalue weighted by Crippen LogP contribution is 2.61. The van der Waals surface area contributed by atoms with Gasteiger partial charge in [0.05, 0.1) is 5.60 Å². The minimum atomic E-state index is -0.671. The van der Waals surface area contributed by atoms with Gasteiger partial charge in [0.1, 0.15) is 0 Å². The fourth-order valence-corrected chi connectivity index (χ4v) is 7.13. The van der Waals surface area contributed by atoms with Crippen molar-refractivity contribution in [3.63, 3.8) is 0 Å². The standard InChI is InChI=1S/C28H35NO2/c1-4-14-28(31)15-13-23-24-11-7-19-16-21(30)10-12-22(19)27(24)25(17-26(23)28)18-5-8-20(9-6-18)29(2)3/h4-6,8-9,14,16,23-26,31H,7,10-13,15,17H2,1-3H3/t23?,24?,25?,26?,28-/m0/s1. The molecule has 3 nitrogen and oxygen atoms in total. The van der Waals surface area contributed by atoms with Gasteiger partial charge >= 0.3 is 0 Å². The van der Waals surface area contributed by atoms with E-state index in [1.807, 2.05) is 19.1 Å². The number of anilines is 1. The second-order valence-corrected chi connectivity index (χ2v) is 10.3. The van der Waals surface area contributed by atoms with E-state index in [-0.39, 0.29) is 0 Å². The zero-order valence-corrected chi connectivity index (χ0v) is 19.1. The lowest BCUT2D eigenvalue weighted by Crippen LogP contribution is -2.42. The van der Waals surface area contributed by atoms with Crippen molar-refractivity contribution in [2.45, 2.75) is 63.4 Å². The molecule has 4 aliphatic carbocycles. The van der Waals surface area contributed by atoms with Crippen molar-refractivity contribution in [3.8, 4) is 0 Å². The summed E-state index contributed by atoms with van der Waals surface area (Å²) < 4.78 is 0. The Morgan fingerprint density at radius 2 is 1.87 bits per heavy atom. The van der Waals surface area contributed by atoms with E-state index in [4.69, 9.17) is 0 Å². The number of rotatable bonds is 3. The van der Waals surface area contributed by atoms with Crippen LogP contribution < -0.4 is 4.90 Å². The van der Waals surface area contributed by atoms with Gasteiger partial charge < -0.3 is 10.0 Å². The Labute approximate surface area is 186 Å². The van der Waals surface area contributed by atoms with Gasteiger partial charge in [0.2, 0.25) is 0 Å². The van der Waals surface area contributed by atoms with E-state index >= 15 is 0 Å². The maximum atomic E-state index is 12.1. The predicted octanol–water partition coefficient (Wildman–Crippen LogP) is 5.57. The van der Waals surface area contributed by atoms with Crippen LogP contribution in [0.5, 0.6) is 0 Å². The molecule has 1 aromatic carbocycles. The molecule has 5 atom stereocenters. The van der Waals surface area contributed by atoms with Gasteiger partial charge in [-0.15, -0.1) is 0 Å². The lowest BCUT2D eigenvalue weighted by molar-refractivity contribution is -0.114. The number of hydrogen-bond acceptors (Lipinski definition) is 3. The molecule has 2 saturated carbocycles. The molecule has 4 aliphatic rings. The molecule has 0 aliphatic heterocycles. The van der Waals surface area contributed by atoms with Gasteiger partial charge in [-0.3, -0.25) is 4.79 Å². The summed E-state index contributed by atoms with van der Waals surface area (Å²) in [5.41, 5.74) is 6.30. The Morgan fingerprint density at radius 3 is 2.58 bits per heavy atom. The molecule has 3 heteroatoms. The van der Waals surface area contributed by atoms with Crippen molar-refractivity contribution < 1.29 is 9.90 Å². The number of fused-ring (bicyclic) bond motifs is 4. The molecule has 0 saturated heterocycles. The number of hydrogen-bond donors (Lipinski definition) is 1. The number of carbonyl (C=O) groups is 1. The van der Waals surface area contributed by atoms with Crippen molar-refractivity contribution in [2.75, 3.05) is 19.0 Å². The molecule has 164 valence electrons. The Bertz CT molecular complexity index is 967. The Balaban J connectivity index is 1.62. The van der Waals surface area contributed by atoms with Crippen LogP contribution in [0.2, 0.25) is 0 Å². The van der Waals surface area contributed by atoms with Crippen molar-refractivity contribution in [1.82, 2.24) is 0 Å². The van der Waals surface area contributed by atoms with Crippen molar-refractivity contribution in [3.05, 3.63) is 64.8 Å². The molecule has 0 heterocycles. The molecule has 5 rings (SSSR count). The zero-order valence-electron chi connectivity index (χ0n) is 19.1. The second-order valence-electron chi connectivity index (χ2n) is 10.3. The average Bonchev–Trinajstić information content (AvgIpc) is 3.09. The summed E-state index contributed by atoms with van der Waals surface area (Å²) in [4.78, 5) is 14.3. The van der Waals surface area contributed by atoms with Gasteiger partial charge in [-0.05, 0) is 98.1 Å². The molecule has 31 heavy (non-hydrogen) atoms. The van der Waals surface area contributed by atoms with E-state index in [9.17, 15) is 9.90 Å². The van der Waals surface area contributed by atoms with Crippen LogP contribution in [0.15, 0.2) is 59.2 Å². The fourth-order valence-electron chi connectivity index (χ4n) is 7.13. The van der Waals surface area contributed by atoms with Crippen molar-refractivity contribution >= 4 is 11.5 Å². The Kier molecular flexibility index (Phi) is 5.21. The number of nitrogens with zero attached hydrogens (tertiary/aromatic N) is 1. The van der Waals surface area contributed by atoms with Crippen molar-refractivity contribution in [2.24, 2.45) is 17.8 Å². The van der Waals surface area contributed by atoms with Crippen molar-refractivity contribution in [1.29, 1.82) is 0 Å². The highest BCUT2D eigenvalue weighted by molar-refractivity contribution is 5.93. The average molecular weight is 418 g/mol. The van der Waals surface area contributed by atoms with E-state index in [0.717, 1.165) is 38.5 Å². The summed E-state index contributed by atoms with van der Waals surface area (Å²) in [6.07, 6.45) is 12.7. The molecule has 0 amide bonds. The number of aliphatic hydroxyl groups is 1. The summed E-state index contributed by atoms with van der Waals surface area (Å²) in [5.74, 6) is 2.04. The van der Waals surface area contributed by atoms with Crippen LogP contribution in [-0.2, 0) is 4.79 Å². The topological polar surface area (TPSA) is 40.5 Å². The molecule has 0 bridgehead atoms. The molecule has 0 spiro atoms. The van der Waals surface area contributed by atoms with E-state index in [1.165, 1.54) is 22.4 Å². The van der Waals surface area contributed by atoms with Crippen LogP contribution in [0.3, 0.4) is 0 Å². The van der Waals surface area contributed by atoms with E-state index < -0.39 is 5.60 Å². The molecular formula is C28H35NO2. The second kappa shape index (κ2) is 7.78. The molecule has 2 fully saturated rings. The maximum absolute atomic E-state index is 12.1. The Morgan fingerprint density at radius 1 is 1.10 bits per heavy atom. The number of allylic oxidation sites excluding steroid dienone is 5. The predicted molar refractivity (Wildman–Crippen MR) is 126 cm³/mol. The first-order valence-corrected chi connectivity index (χ1v) is 12.0. The van der Waals surface area contributed by atoms with E-state index in [2.05, 4.69) is 49.3 Å². The first kappa shape index (κ1) is 20.8. The zero-order chi connectivity index (χ0) is 21.8. The van der Waals surface area contributed by atoms with Gasteiger partial charge in [-0.2, -0.15) is 0 Å². The number of carbonyl (C=O) groups excluding carboxylic acids is 1. The van der Waals surface area contributed by atoms with Crippen LogP contribution in [0, 0.1) is 17.8 Å². The third-order valence-electron chi connectivity index (χ3n) is 8.50. The largest absolute Gasteiger partial charge is 0.385 e. The van der Waals surface area contributed by atoms with Crippen LogP contribution in [0.1, 0.15) is 63.4 Å². The highest BCUT2D eigenvalue weighted by Gasteiger charge is 2.54. The first-order valence-electron chi connectivity index (χ1n) is 12.0. The van der Waals surface area contributed by atoms with Crippen LogP contribution in [0.25, 0.3) is 0 Å². The summed E-state index contributed by atoms with van der Waals surface area (Å²) >= 11 is 0. The van der Waals surface area contributed by atoms with Gasteiger partial charge in [-0.1, -0.05) is 29.9 Å². The number of benzene rings is 1. The molecule has 0 aromatic heterocycles. The molecule has 1 aromatic rings. The summed E-state index contributed by atoms with van der Waals surface area (Å²) in [7, 11) is 4.15. The molecule has 1 N–H and O–H groups in total. The lowest BCUT2D eigenvalue weighted by atomic mass is 9.57. The molecule has 0 radical (unpaired) electrons. The van der Waals surface area contributed by atoms with Crippen LogP contribution in [-0.4, -0.2) is 30.6 Å². The van der Waals surface area contributed by atoms with Crippen LogP contribution >= 0.6 is 0 Å². The fraction of sp³-hybridized carbons (Fsp3) is 0.536. The summed E-state index contributed by atoms with van der Waals surface area (Å²) in [6, 6.07) is 9.03. The molecule has 4 unspecified atom stereocenters. The van der Waals surface area contributed by atoms with Gasteiger partial charge in [0.25, 0.3) is 0 Å². The van der Waals surface area contributed by atoms with E-state index in [0.29, 0.717) is 35.9 Å². The third-order valence-corrected chi connectivity index (χ3v) is 8.50. The lowest BCUT2D eigenvalue weighted by Gasteiger charge is -2.48. The quantitative estimate of drug-likeness (QED) is 0.654. The minimum Gasteiger partial charge on any atom is -0.385 e. The highest BCUT2D eigenvalue weighted by atomic mass is 16.3. The monoisotopic (exact) mass is 417 g/mol. The normalized spacial score (nSPS) is 35.0. The minimum absolute atomic E-state index is 0.293. The SMILES string of the molecule is CC=C[C@]1(O)CCC2C3CCC4=CC(=O)CCC4=C3C(c3ccc(N(C)C)cc3)CC21. The van der Waals surface area contributed by atoms with Gasteiger partial charge in [0, 0.05) is 32.1 Å². The van der Waals surface area contributed by atoms with Crippen LogP contribution in [0.4, 0.5) is 5.69 Å². The molecular weight excluding hydrogens is 382 g/mol. The first-order chi connectivity index (χ1) is 14.9.